The minimum absolute atomic E-state index is 0.00323. The Labute approximate surface area is 635 Å². The fourth-order valence-corrected chi connectivity index (χ4v) is 35.9. The van der Waals surface area contributed by atoms with Crippen LogP contribution in [0.15, 0.2) is 0 Å². The first kappa shape index (κ1) is 63.6. The van der Waals surface area contributed by atoms with Gasteiger partial charge in [0, 0.05) is 45.8 Å². The zero-order valence-electron chi connectivity index (χ0n) is 73.3. The summed E-state index contributed by atoms with van der Waals surface area (Å²) < 4.78 is 72.3. The SMILES string of the molecule is [2H]C1C([2H])C([2H])C(C2[C@H]([2H])C([2H])[C@H]3C(B4C5C(CC(CC(C)(C)C)CC5N3C3C(C5CCCCC5)CC(C5CCCCC5)C[C@@H]3C3CCCCC3)N(C3C(C5CCCCC5)CC(C5CCCCC5)CC3C3CCCCC3)C3CC(C5CC6C7CCCC8CCCC(C87)C7CCC[C@H](C5)[C@@H]76)CC[C@H]43)[C@@H]2C)C([2H])C1[2H]. The molecule has 2 aliphatic heterocycles. The van der Waals surface area contributed by atoms with Gasteiger partial charge in [0.2, 0.25) is 0 Å². The van der Waals surface area contributed by atoms with E-state index in [4.69, 9.17) is 0 Å². The molecule has 0 N–H and O–H groups in total. The molecule has 101 heavy (non-hydrogen) atoms. The van der Waals surface area contributed by atoms with Crippen LogP contribution in [0, 0.1) is 159 Å². The monoisotopic (exact) mass is 1390 g/mol. The highest BCUT2D eigenvalue weighted by atomic mass is 15.3. The first-order valence-electron chi connectivity index (χ1n) is 52.1. The predicted molar refractivity (Wildman–Crippen MR) is 427 cm³/mol. The van der Waals surface area contributed by atoms with Crippen LogP contribution < -0.4 is 0 Å². The van der Waals surface area contributed by atoms with E-state index in [1.807, 2.05) is 0 Å². The Balaban J connectivity index is 0.808. The van der Waals surface area contributed by atoms with Gasteiger partial charge in [0.1, 0.15) is 0 Å². The maximum Gasteiger partial charge on any atom is 0.157 e. The number of rotatable bonds is 11. The average molecular weight is 1390 g/mol. The van der Waals surface area contributed by atoms with Crippen LogP contribution >= 0.6 is 0 Å². The molecular formula is C98H163BN2. The number of hydrogen-bond acceptors (Lipinski definition) is 2. The van der Waals surface area contributed by atoms with Crippen molar-refractivity contribution >= 4 is 6.71 Å². The highest BCUT2D eigenvalue weighted by molar-refractivity contribution is 6.65. The van der Waals surface area contributed by atoms with Crippen molar-refractivity contribution < 1.29 is 9.60 Å². The predicted octanol–water partition coefficient (Wildman–Crippen LogP) is 27.4. The van der Waals surface area contributed by atoms with Crippen molar-refractivity contribution in [3.63, 3.8) is 0 Å². The molecule has 19 fully saturated rings. The standard InChI is InChI=1S/C98H163BN2/c1-63-78(67-33-16-7-17-34-67)50-52-88-94(63)99-87-51-49-73(75-55-74-45-28-47-80-79-46-26-43-72-44-27-48-81(92(72)79)86(60-75)93(74)80)61-89(87)101(97-84(70-39-22-10-23-40-70)58-77(66-31-14-6-15-32-66)59-85(97)71-41-24-11-25-42-71)91-54-64(62-98(2,3)4)53-90(95(91)99)100(88)96-82(68-35-18-8-19-36-68)56-76(65-29-12-5-13-30-65)57-83(96)69-37-20-9-21-38-69/h63-97H,5-62H2,1-4H3/t63-,64?,72?,73?,74-,75?,76?,77?,78?,79?,80?,81?,82-,83?,84?,85?,86?,87+,88+,89?,90?,91?,92?,93+,94?,95?,96?,97?/m1/s1/i7D,16D,17D,33D,34D,50D,52D/t7?,16?,17?,33?,34?,50-,52?,63-,64?,67?,72?,73?,74-,75?,76?,77?,78?,79?,80?,81?,82-,83?,84?,85?,86?,87+,88+,89?,90?,91?,92?,93+,94?,95?,96?,97?. The summed E-state index contributed by atoms with van der Waals surface area (Å²) in [4.78, 5) is 7.37. The van der Waals surface area contributed by atoms with Gasteiger partial charge in [0.05, 0.1) is 0 Å². The zero-order chi connectivity index (χ0) is 73.5. The van der Waals surface area contributed by atoms with Crippen LogP contribution in [0.5, 0.6) is 0 Å². The molecule has 0 bridgehead atoms. The molecule has 32 atom stereocenters. The van der Waals surface area contributed by atoms with Crippen molar-refractivity contribution in [2.24, 2.45) is 159 Å². The number of hydrogen-bond donors (Lipinski definition) is 0. The molecule has 568 valence electrons. The van der Waals surface area contributed by atoms with Crippen molar-refractivity contribution in [3.05, 3.63) is 0 Å². The van der Waals surface area contributed by atoms with Crippen molar-refractivity contribution in [2.45, 2.75) is 454 Å². The van der Waals surface area contributed by atoms with E-state index >= 15 is 0 Å². The molecule has 19 rings (SSSR count). The molecule has 2 nitrogen and oxygen atoms in total. The topological polar surface area (TPSA) is 6.48 Å². The molecule has 3 heteroatoms. The van der Waals surface area contributed by atoms with Crippen LogP contribution in [0.4, 0.5) is 0 Å². The average Bonchev–Trinajstić information content (AvgIpc) is 0.679. The molecule has 0 spiro atoms. The van der Waals surface area contributed by atoms with Gasteiger partial charge in [-0.3, -0.25) is 9.80 Å². The van der Waals surface area contributed by atoms with Crippen LogP contribution in [-0.4, -0.2) is 52.8 Å². The first-order valence-corrected chi connectivity index (χ1v) is 48.1. The summed E-state index contributed by atoms with van der Waals surface area (Å²) in [6.45, 7) is 11.0. The van der Waals surface area contributed by atoms with Gasteiger partial charge in [-0.05, 0) is 273 Å². The molecule has 0 aromatic carbocycles. The molecule has 25 unspecified atom stereocenters. The Morgan fingerprint density at radius 3 is 1.17 bits per heavy atom. The second-order valence-electron chi connectivity index (χ2n) is 44.4. The summed E-state index contributed by atoms with van der Waals surface area (Å²) in [5.41, 5.74) is 0.212. The van der Waals surface area contributed by atoms with E-state index in [-0.39, 0.29) is 29.1 Å². The lowest BCUT2D eigenvalue weighted by molar-refractivity contribution is -0.156. The van der Waals surface area contributed by atoms with E-state index in [9.17, 15) is 9.60 Å². The van der Waals surface area contributed by atoms with Gasteiger partial charge in [-0.1, -0.05) is 304 Å². The van der Waals surface area contributed by atoms with Crippen LogP contribution in [0.3, 0.4) is 0 Å². The third kappa shape index (κ3) is 13.7. The molecule has 19 aliphatic rings. The number of nitrogens with zero attached hydrogens (tertiary/aromatic N) is 2. The van der Waals surface area contributed by atoms with Crippen LogP contribution in [0.2, 0.25) is 17.5 Å². The van der Waals surface area contributed by atoms with E-state index < -0.39 is 50.7 Å². The first-order chi connectivity index (χ1) is 52.6. The van der Waals surface area contributed by atoms with Gasteiger partial charge in [0.25, 0.3) is 0 Å². The van der Waals surface area contributed by atoms with Gasteiger partial charge >= 0.3 is 0 Å². The summed E-state index contributed by atoms with van der Waals surface area (Å²) >= 11 is 0. The summed E-state index contributed by atoms with van der Waals surface area (Å²) in [5, 5.41) is 0. The maximum atomic E-state index is 11.8. The minimum Gasteiger partial charge on any atom is -0.295 e. The summed E-state index contributed by atoms with van der Waals surface area (Å²) in [5.74, 6) is 20.5. The van der Waals surface area contributed by atoms with Crippen molar-refractivity contribution in [3.8, 4) is 0 Å². The maximum absolute atomic E-state index is 11.8. The van der Waals surface area contributed by atoms with E-state index in [2.05, 4.69) is 37.5 Å². The van der Waals surface area contributed by atoms with Gasteiger partial charge in [-0.15, -0.1) is 0 Å². The van der Waals surface area contributed by atoms with Gasteiger partial charge in [-0.25, -0.2) is 0 Å². The normalized spacial score (nSPS) is 56.0. The lowest BCUT2D eigenvalue weighted by atomic mass is 9.17. The Morgan fingerprint density at radius 2 is 0.693 bits per heavy atom. The van der Waals surface area contributed by atoms with Gasteiger partial charge < -0.3 is 0 Å². The quantitative estimate of drug-likeness (QED) is 0.190. The Morgan fingerprint density at radius 1 is 0.287 bits per heavy atom. The lowest BCUT2D eigenvalue weighted by Gasteiger charge is -2.73. The van der Waals surface area contributed by atoms with Crippen LogP contribution in [-0.2, 0) is 0 Å². The van der Waals surface area contributed by atoms with E-state index in [1.165, 1.54) is 283 Å². The van der Waals surface area contributed by atoms with Gasteiger partial charge in [-0.2, -0.15) is 0 Å². The van der Waals surface area contributed by atoms with E-state index in [0.29, 0.717) is 66.3 Å². The minimum atomic E-state index is -1.06. The second-order valence-corrected chi connectivity index (χ2v) is 44.4. The molecule has 17 saturated carbocycles. The highest BCUT2D eigenvalue weighted by Gasteiger charge is 2.70. The van der Waals surface area contributed by atoms with E-state index in [1.54, 1.807) is 44.9 Å². The summed E-state index contributed by atoms with van der Waals surface area (Å²) in [7, 11) is 0. The number of fused-ring (bicyclic) bond motifs is 6. The lowest BCUT2D eigenvalue weighted by Crippen LogP contribution is -2.77. The van der Waals surface area contributed by atoms with Crippen LogP contribution in [0.1, 0.15) is 410 Å². The molecular weight excluding hydrogens is 1220 g/mol. The Bertz CT molecular complexity index is 2850. The summed E-state index contributed by atoms with van der Waals surface area (Å²) in [6, 6.07) is 2.65. The molecule has 0 aromatic rings. The summed E-state index contributed by atoms with van der Waals surface area (Å²) in [6.07, 6.45) is 68.1. The smallest absolute Gasteiger partial charge is 0.157 e. The largest absolute Gasteiger partial charge is 0.295 e. The van der Waals surface area contributed by atoms with Gasteiger partial charge in [0.15, 0.2) is 6.71 Å². The molecule has 17 aliphatic carbocycles. The molecule has 0 radical (unpaired) electrons. The molecule has 0 amide bonds. The van der Waals surface area contributed by atoms with Crippen molar-refractivity contribution in [1.29, 1.82) is 0 Å². The fourth-order valence-electron chi connectivity index (χ4n) is 35.9. The molecule has 0 aromatic heterocycles. The van der Waals surface area contributed by atoms with Crippen molar-refractivity contribution in [2.75, 3.05) is 0 Å². The Kier molecular flexibility index (Phi) is 19.5. The zero-order valence-corrected chi connectivity index (χ0v) is 66.3. The van der Waals surface area contributed by atoms with E-state index in [0.717, 1.165) is 118 Å². The highest BCUT2D eigenvalue weighted by Crippen LogP contribution is 2.72. The van der Waals surface area contributed by atoms with Crippen LogP contribution in [0.25, 0.3) is 0 Å². The molecule has 2 saturated heterocycles. The third-order valence-corrected chi connectivity index (χ3v) is 38.9. The second kappa shape index (κ2) is 30.9. The fraction of sp³-hybridized carbons (Fsp3) is 1.00. The Hall–Kier alpha value is -0.0151. The third-order valence-electron chi connectivity index (χ3n) is 38.9. The molecule has 2 heterocycles. The van der Waals surface area contributed by atoms with Crippen molar-refractivity contribution in [1.82, 2.24) is 9.80 Å².